The zero-order valence-corrected chi connectivity index (χ0v) is 20.3. The number of nitrogens with zero attached hydrogens (tertiary/aromatic N) is 2. The van der Waals surface area contributed by atoms with Crippen LogP contribution >= 0.6 is 11.8 Å². The molecule has 1 fully saturated rings. The topological polar surface area (TPSA) is 118 Å². The first-order valence-electron chi connectivity index (χ1n) is 10.8. The number of imide groups is 1. The van der Waals surface area contributed by atoms with Gasteiger partial charge < -0.3 is 9.64 Å². The fraction of sp³-hybridized carbons (Fsp3) is 0.545. The predicted molar refractivity (Wildman–Crippen MR) is 124 cm³/mol. The summed E-state index contributed by atoms with van der Waals surface area (Å²) in [5.74, 6) is -2.01. The van der Waals surface area contributed by atoms with Crippen molar-refractivity contribution in [2.75, 3.05) is 36.7 Å². The summed E-state index contributed by atoms with van der Waals surface area (Å²) in [6, 6.07) is 4.77. The Kier molecular flexibility index (Phi) is 8.17. The molecule has 180 valence electrons. The molecule has 2 aliphatic rings. The lowest BCUT2D eigenvalue weighted by Gasteiger charge is -2.28. The predicted octanol–water partition coefficient (Wildman–Crippen LogP) is 1.37. The van der Waals surface area contributed by atoms with E-state index in [1.54, 1.807) is 12.1 Å². The average Bonchev–Trinajstić information content (AvgIpc) is 3.27. The summed E-state index contributed by atoms with van der Waals surface area (Å²) < 4.78 is 28.9. The summed E-state index contributed by atoms with van der Waals surface area (Å²) >= 11 is 1.46. The average molecular weight is 497 g/mol. The minimum Gasteiger partial charge on any atom is -0.454 e. The summed E-state index contributed by atoms with van der Waals surface area (Å²) in [7, 11) is -3.18. The molecule has 9 nitrogen and oxygen atoms in total. The van der Waals surface area contributed by atoms with Crippen LogP contribution in [-0.4, -0.2) is 90.7 Å². The van der Waals surface area contributed by atoms with E-state index in [2.05, 4.69) is 0 Å². The molecular formula is C22H28N2O7S2. The number of fused-ring (bicyclic) bond motifs is 1. The van der Waals surface area contributed by atoms with Gasteiger partial charge in [0, 0.05) is 12.6 Å². The van der Waals surface area contributed by atoms with Gasteiger partial charge in [-0.2, -0.15) is 11.8 Å². The normalized spacial score (nSPS) is 19.9. The highest BCUT2D eigenvalue weighted by Crippen LogP contribution is 2.27. The van der Waals surface area contributed by atoms with E-state index in [-0.39, 0.29) is 29.1 Å². The molecule has 0 bridgehead atoms. The number of thioether (sulfide) groups is 1. The van der Waals surface area contributed by atoms with E-state index < -0.39 is 52.2 Å². The highest BCUT2D eigenvalue weighted by atomic mass is 32.2. The van der Waals surface area contributed by atoms with E-state index in [1.165, 1.54) is 28.8 Å². The van der Waals surface area contributed by atoms with Crippen LogP contribution in [0.3, 0.4) is 0 Å². The zero-order chi connectivity index (χ0) is 24.2. The third-order valence-corrected chi connectivity index (χ3v) is 8.17. The molecule has 3 rings (SSSR count). The van der Waals surface area contributed by atoms with E-state index in [4.69, 9.17) is 4.74 Å². The molecule has 1 aromatic rings. The number of hydrogen-bond acceptors (Lipinski definition) is 8. The maximum Gasteiger partial charge on any atom is 0.329 e. The van der Waals surface area contributed by atoms with E-state index in [9.17, 15) is 27.6 Å². The minimum atomic E-state index is -3.18. The molecule has 2 aliphatic heterocycles. The second-order valence-corrected chi connectivity index (χ2v) is 11.3. The van der Waals surface area contributed by atoms with Gasteiger partial charge in [0.1, 0.15) is 6.04 Å². The maximum atomic E-state index is 12.9. The molecule has 0 aliphatic carbocycles. The van der Waals surface area contributed by atoms with Gasteiger partial charge in [0.05, 0.1) is 22.6 Å². The third-order valence-electron chi connectivity index (χ3n) is 5.78. The van der Waals surface area contributed by atoms with Crippen LogP contribution in [0.15, 0.2) is 24.3 Å². The first kappa shape index (κ1) is 25.2. The van der Waals surface area contributed by atoms with E-state index in [0.717, 1.165) is 4.90 Å². The fourth-order valence-corrected chi connectivity index (χ4v) is 6.35. The minimum absolute atomic E-state index is 0.0292. The number of sulfone groups is 1. The van der Waals surface area contributed by atoms with Gasteiger partial charge in [-0.3, -0.25) is 19.3 Å². The molecule has 3 amide bonds. The molecule has 2 heterocycles. The first-order chi connectivity index (χ1) is 15.7. The van der Waals surface area contributed by atoms with Crippen molar-refractivity contribution in [3.05, 3.63) is 35.4 Å². The van der Waals surface area contributed by atoms with Gasteiger partial charge in [-0.15, -0.1) is 0 Å². The maximum absolute atomic E-state index is 12.9. The summed E-state index contributed by atoms with van der Waals surface area (Å²) in [6.07, 6.45) is 3.01. The Bertz CT molecular complexity index is 1010. The van der Waals surface area contributed by atoms with Crippen molar-refractivity contribution >= 4 is 45.3 Å². The summed E-state index contributed by atoms with van der Waals surface area (Å²) in [5.41, 5.74) is 0.467. The fourth-order valence-electron chi connectivity index (χ4n) is 4.16. The number of carbonyl (C=O) groups is 4. The molecule has 1 saturated heterocycles. The van der Waals surface area contributed by atoms with Gasteiger partial charge in [-0.05, 0) is 43.4 Å². The second kappa shape index (κ2) is 10.7. The molecule has 0 radical (unpaired) electrons. The molecule has 0 N–H and O–H groups in total. The van der Waals surface area contributed by atoms with Gasteiger partial charge in [0.25, 0.3) is 17.7 Å². The van der Waals surface area contributed by atoms with E-state index in [1.807, 2.05) is 13.2 Å². The molecule has 0 saturated carbocycles. The standard InChI is InChI=1S/C22H28N2O7S2/c1-3-10-23(15-9-12-33(29,30)14-15)19(25)13-31-22(28)18(8-11-32-2)24-20(26)16-6-4-5-7-17(16)21(24)27/h4-7,15,18H,3,8-14H2,1-2H3. The second-order valence-electron chi connectivity index (χ2n) is 8.07. The van der Waals surface area contributed by atoms with Crippen molar-refractivity contribution in [3.63, 3.8) is 0 Å². The van der Waals surface area contributed by atoms with Crippen LogP contribution in [0.1, 0.15) is 46.9 Å². The summed E-state index contributed by atoms with van der Waals surface area (Å²) in [6.45, 7) is 1.65. The number of benzene rings is 1. The number of amides is 3. The van der Waals surface area contributed by atoms with Gasteiger partial charge >= 0.3 is 5.97 Å². The van der Waals surface area contributed by atoms with E-state index in [0.29, 0.717) is 25.1 Å². The van der Waals surface area contributed by atoms with Crippen LogP contribution in [0.2, 0.25) is 0 Å². The Morgan fingerprint density at radius 3 is 2.36 bits per heavy atom. The summed E-state index contributed by atoms with van der Waals surface area (Å²) in [4.78, 5) is 53.8. The van der Waals surface area contributed by atoms with Crippen molar-refractivity contribution in [1.29, 1.82) is 0 Å². The van der Waals surface area contributed by atoms with Gasteiger partial charge in [0.2, 0.25) is 0 Å². The molecule has 2 unspecified atom stereocenters. The number of rotatable bonds is 10. The van der Waals surface area contributed by atoms with Crippen LogP contribution in [0.25, 0.3) is 0 Å². The Hall–Kier alpha value is -2.40. The third kappa shape index (κ3) is 5.57. The molecular weight excluding hydrogens is 468 g/mol. The highest BCUT2D eigenvalue weighted by Gasteiger charge is 2.43. The summed E-state index contributed by atoms with van der Waals surface area (Å²) in [5, 5.41) is 0. The van der Waals surface area contributed by atoms with Gasteiger partial charge in [-0.25, -0.2) is 13.2 Å². The van der Waals surface area contributed by atoms with Crippen molar-refractivity contribution < 1.29 is 32.3 Å². The Balaban J connectivity index is 1.71. The molecule has 0 aromatic heterocycles. The van der Waals surface area contributed by atoms with Gasteiger partial charge in [0.15, 0.2) is 16.4 Å². The lowest BCUT2D eigenvalue weighted by molar-refractivity contribution is -0.156. The number of carbonyl (C=O) groups excluding carboxylic acids is 4. The van der Waals surface area contributed by atoms with Crippen molar-refractivity contribution in [3.8, 4) is 0 Å². The largest absolute Gasteiger partial charge is 0.454 e. The smallest absolute Gasteiger partial charge is 0.329 e. The molecule has 0 spiro atoms. The molecule has 1 aromatic carbocycles. The Morgan fingerprint density at radius 2 is 1.85 bits per heavy atom. The lowest BCUT2D eigenvalue weighted by atomic mass is 10.1. The van der Waals surface area contributed by atoms with Crippen LogP contribution in [0.5, 0.6) is 0 Å². The molecule has 11 heteroatoms. The number of esters is 1. The molecule has 2 atom stereocenters. The Labute approximate surface area is 197 Å². The van der Waals surface area contributed by atoms with Crippen LogP contribution in [-0.2, 0) is 24.2 Å². The number of ether oxygens (including phenoxy) is 1. The quantitative estimate of drug-likeness (QED) is 0.352. The van der Waals surface area contributed by atoms with Crippen LogP contribution in [0.4, 0.5) is 0 Å². The highest BCUT2D eigenvalue weighted by molar-refractivity contribution is 7.98. The van der Waals surface area contributed by atoms with Crippen molar-refractivity contribution in [2.24, 2.45) is 0 Å². The van der Waals surface area contributed by atoms with Crippen molar-refractivity contribution in [2.45, 2.75) is 38.3 Å². The Morgan fingerprint density at radius 1 is 1.21 bits per heavy atom. The lowest BCUT2D eigenvalue weighted by Crippen LogP contribution is -2.48. The van der Waals surface area contributed by atoms with Gasteiger partial charge in [-0.1, -0.05) is 19.1 Å². The number of hydrogen-bond donors (Lipinski definition) is 0. The van der Waals surface area contributed by atoms with Crippen molar-refractivity contribution in [1.82, 2.24) is 9.80 Å². The monoisotopic (exact) mass is 496 g/mol. The van der Waals surface area contributed by atoms with Crippen LogP contribution < -0.4 is 0 Å². The van der Waals surface area contributed by atoms with Crippen LogP contribution in [0, 0.1) is 0 Å². The first-order valence-corrected chi connectivity index (χ1v) is 14.0. The molecule has 33 heavy (non-hydrogen) atoms. The SMILES string of the molecule is CCCN(C(=O)COC(=O)C(CCSC)N1C(=O)c2ccccc2C1=O)C1CCS(=O)(=O)C1. The van der Waals surface area contributed by atoms with E-state index >= 15 is 0 Å². The zero-order valence-electron chi connectivity index (χ0n) is 18.7.